The molecule has 0 spiro atoms. The van der Waals surface area contributed by atoms with Crippen LogP contribution in [-0.2, 0) is 14.3 Å². The van der Waals surface area contributed by atoms with Gasteiger partial charge in [-0.2, -0.15) is 0 Å². The zero-order valence-corrected chi connectivity index (χ0v) is 17.5. The van der Waals surface area contributed by atoms with E-state index in [0.29, 0.717) is 30.8 Å². The van der Waals surface area contributed by atoms with Gasteiger partial charge in [0.05, 0.1) is 11.7 Å². The lowest BCUT2D eigenvalue weighted by atomic mass is 10.0. The maximum atomic E-state index is 13.1. The van der Waals surface area contributed by atoms with Crippen molar-refractivity contribution in [3.8, 4) is 0 Å². The number of amides is 2. The SMILES string of the molecule is CC(C)OCCCN1C(=O)C(Nc2cccc(Br)c2)=C(c2ccccc2)C1=O. The summed E-state index contributed by atoms with van der Waals surface area (Å²) in [5.74, 6) is -0.591. The molecule has 1 aliphatic heterocycles. The van der Waals surface area contributed by atoms with Crippen molar-refractivity contribution in [3.63, 3.8) is 0 Å². The van der Waals surface area contributed by atoms with E-state index in [1.54, 1.807) is 0 Å². The van der Waals surface area contributed by atoms with Crippen LogP contribution < -0.4 is 5.32 Å². The molecule has 3 rings (SSSR count). The van der Waals surface area contributed by atoms with Crippen LogP contribution in [0.1, 0.15) is 25.8 Å². The van der Waals surface area contributed by atoms with E-state index < -0.39 is 0 Å². The van der Waals surface area contributed by atoms with Crippen molar-refractivity contribution in [1.82, 2.24) is 4.90 Å². The molecule has 0 aromatic heterocycles. The largest absolute Gasteiger partial charge is 0.379 e. The Hall–Kier alpha value is -2.44. The lowest BCUT2D eigenvalue weighted by Crippen LogP contribution is -2.34. The standard InChI is InChI=1S/C22H23BrN2O3/c1-15(2)28-13-7-12-25-21(26)19(16-8-4-3-5-9-16)20(22(25)27)24-18-11-6-10-17(23)14-18/h3-6,8-11,14-15,24H,7,12-13H2,1-2H3. The van der Waals surface area contributed by atoms with E-state index >= 15 is 0 Å². The summed E-state index contributed by atoms with van der Waals surface area (Å²) >= 11 is 3.43. The molecule has 6 heteroatoms. The molecule has 0 saturated carbocycles. The Kier molecular flexibility index (Phi) is 6.65. The highest BCUT2D eigenvalue weighted by molar-refractivity contribution is 9.10. The van der Waals surface area contributed by atoms with Crippen molar-refractivity contribution in [2.45, 2.75) is 26.4 Å². The van der Waals surface area contributed by atoms with Gasteiger partial charge in [0, 0.05) is 23.3 Å². The average Bonchev–Trinajstić information content (AvgIpc) is 2.89. The van der Waals surface area contributed by atoms with E-state index in [1.807, 2.05) is 68.4 Å². The molecule has 0 bridgehead atoms. The number of anilines is 1. The molecule has 0 unspecified atom stereocenters. The average molecular weight is 443 g/mol. The van der Waals surface area contributed by atoms with Gasteiger partial charge in [-0.25, -0.2) is 0 Å². The number of benzene rings is 2. The summed E-state index contributed by atoms with van der Waals surface area (Å²) in [6.45, 7) is 4.75. The Morgan fingerprint density at radius 1 is 1.04 bits per heavy atom. The van der Waals surface area contributed by atoms with Gasteiger partial charge < -0.3 is 10.1 Å². The maximum absolute atomic E-state index is 13.1. The van der Waals surface area contributed by atoms with Crippen molar-refractivity contribution in [1.29, 1.82) is 0 Å². The third kappa shape index (κ3) is 4.69. The molecule has 0 atom stereocenters. The van der Waals surface area contributed by atoms with E-state index in [4.69, 9.17) is 4.74 Å². The highest BCUT2D eigenvalue weighted by atomic mass is 79.9. The number of carbonyl (C=O) groups is 2. The van der Waals surface area contributed by atoms with Crippen LogP contribution in [0.3, 0.4) is 0 Å². The first-order valence-corrected chi connectivity index (χ1v) is 10.1. The predicted octanol–water partition coefficient (Wildman–Crippen LogP) is 4.46. The van der Waals surface area contributed by atoms with Crippen molar-refractivity contribution < 1.29 is 14.3 Å². The lowest BCUT2D eigenvalue weighted by Gasteiger charge is -2.16. The van der Waals surface area contributed by atoms with Crippen LogP contribution in [0.4, 0.5) is 5.69 Å². The summed E-state index contributed by atoms with van der Waals surface area (Å²) in [6.07, 6.45) is 0.721. The van der Waals surface area contributed by atoms with Crippen LogP contribution in [-0.4, -0.2) is 36.0 Å². The molecule has 28 heavy (non-hydrogen) atoms. The van der Waals surface area contributed by atoms with Gasteiger partial charge in [-0.1, -0.05) is 52.3 Å². The zero-order chi connectivity index (χ0) is 20.1. The summed E-state index contributed by atoms with van der Waals surface area (Å²) in [5.41, 5.74) is 2.16. The molecule has 2 aromatic carbocycles. The van der Waals surface area contributed by atoms with Gasteiger partial charge in [-0.05, 0) is 44.0 Å². The van der Waals surface area contributed by atoms with E-state index in [2.05, 4.69) is 21.2 Å². The van der Waals surface area contributed by atoms with E-state index in [1.165, 1.54) is 4.90 Å². The first-order valence-electron chi connectivity index (χ1n) is 9.27. The molecular formula is C22H23BrN2O3. The van der Waals surface area contributed by atoms with Crippen LogP contribution in [0.25, 0.3) is 5.57 Å². The number of ether oxygens (including phenoxy) is 1. The second-order valence-corrected chi connectivity index (χ2v) is 7.70. The molecule has 5 nitrogen and oxygen atoms in total. The van der Waals surface area contributed by atoms with Gasteiger partial charge in [-0.3, -0.25) is 14.5 Å². The number of nitrogens with one attached hydrogen (secondary N) is 1. The topological polar surface area (TPSA) is 58.6 Å². The highest BCUT2D eigenvalue weighted by Gasteiger charge is 2.38. The fourth-order valence-electron chi connectivity index (χ4n) is 3.02. The minimum Gasteiger partial charge on any atom is -0.379 e. The molecule has 2 amide bonds. The number of halogens is 1. The van der Waals surface area contributed by atoms with Gasteiger partial charge in [0.2, 0.25) is 0 Å². The number of nitrogens with zero attached hydrogens (tertiary/aromatic N) is 1. The van der Waals surface area contributed by atoms with E-state index in [9.17, 15) is 9.59 Å². The van der Waals surface area contributed by atoms with Crippen LogP contribution >= 0.6 is 15.9 Å². The summed E-state index contributed by atoms with van der Waals surface area (Å²) < 4.78 is 6.42. The van der Waals surface area contributed by atoms with Gasteiger partial charge >= 0.3 is 0 Å². The van der Waals surface area contributed by atoms with Crippen molar-refractivity contribution in [2.75, 3.05) is 18.5 Å². The monoisotopic (exact) mass is 442 g/mol. The maximum Gasteiger partial charge on any atom is 0.278 e. The second-order valence-electron chi connectivity index (χ2n) is 6.79. The van der Waals surface area contributed by atoms with Gasteiger partial charge in [0.15, 0.2) is 0 Å². The molecule has 0 radical (unpaired) electrons. The number of imide groups is 1. The molecular weight excluding hydrogens is 420 g/mol. The minimum absolute atomic E-state index is 0.122. The minimum atomic E-state index is -0.312. The highest BCUT2D eigenvalue weighted by Crippen LogP contribution is 2.31. The third-order valence-corrected chi connectivity index (χ3v) is 4.79. The molecule has 1 N–H and O–H groups in total. The Morgan fingerprint density at radius 3 is 2.46 bits per heavy atom. The second kappa shape index (κ2) is 9.17. The van der Waals surface area contributed by atoms with Crippen molar-refractivity contribution in [2.24, 2.45) is 0 Å². The lowest BCUT2D eigenvalue weighted by molar-refractivity contribution is -0.137. The molecule has 0 fully saturated rings. The molecule has 1 aliphatic rings. The molecule has 0 saturated heterocycles. The summed E-state index contributed by atoms with van der Waals surface area (Å²) in [6, 6.07) is 16.8. The summed E-state index contributed by atoms with van der Waals surface area (Å²) in [7, 11) is 0. The summed E-state index contributed by atoms with van der Waals surface area (Å²) in [4.78, 5) is 27.4. The number of carbonyl (C=O) groups excluding carboxylic acids is 2. The van der Waals surface area contributed by atoms with Crippen LogP contribution in [0.5, 0.6) is 0 Å². The van der Waals surface area contributed by atoms with Gasteiger partial charge in [0.25, 0.3) is 11.8 Å². The fraction of sp³-hybridized carbons (Fsp3) is 0.273. The first-order chi connectivity index (χ1) is 13.5. The Labute approximate surface area is 173 Å². The molecule has 146 valence electrons. The van der Waals surface area contributed by atoms with E-state index in [-0.39, 0.29) is 17.9 Å². The molecule has 1 heterocycles. The van der Waals surface area contributed by atoms with Crippen LogP contribution in [0.2, 0.25) is 0 Å². The first kappa shape index (κ1) is 20.3. The Morgan fingerprint density at radius 2 is 1.79 bits per heavy atom. The van der Waals surface area contributed by atoms with Crippen molar-refractivity contribution >= 4 is 39.0 Å². The zero-order valence-electron chi connectivity index (χ0n) is 15.9. The van der Waals surface area contributed by atoms with Gasteiger partial charge in [-0.15, -0.1) is 0 Å². The normalized spacial score (nSPS) is 14.4. The Bertz CT molecular complexity index is 894. The number of rotatable bonds is 8. The Balaban J connectivity index is 1.87. The van der Waals surface area contributed by atoms with E-state index in [0.717, 1.165) is 15.7 Å². The number of hydrogen-bond donors (Lipinski definition) is 1. The fourth-order valence-corrected chi connectivity index (χ4v) is 3.42. The van der Waals surface area contributed by atoms with Crippen molar-refractivity contribution in [3.05, 3.63) is 70.3 Å². The van der Waals surface area contributed by atoms with Crippen LogP contribution in [0.15, 0.2) is 64.8 Å². The van der Waals surface area contributed by atoms with Gasteiger partial charge in [0.1, 0.15) is 5.70 Å². The molecule has 2 aromatic rings. The van der Waals surface area contributed by atoms with Crippen LogP contribution in [0, 0.1) is 0 Å². The quantitative estimate of drug-likeness (QED) is 0.484. The third-order valence-electron chi connectivity index (χ3n) is 4.30. The predicted molar refractivity (Wildman–Crippen MR) is 114 cm³/mol. The molecule has 0 aliphatic carbocycles. The number of hydrogen-bond acceptors (Lipinski definition) is 4. The smallest absolute Gasteiger partial charge is 0.278 e. The summed E-state index contributed by atoms with van der Waals surface area (Å²) in [5, 5.41) is 3.16.